The third-order valence-electron chi connectivity index (χ3n) is 5.76. The second kappa shape index (κ2) is 9.54. The number of hydrogen-bond acceptors (Lipinski definition) is 6. The summed E-state index contributed by atoms with van der Waals surface area (Å²) in [7, 11) is 1.39. The first kappa shape index (κ1) is 23.9. The van der Waals surface area contributed by atoms with Crippen molar-refractivity contribution in [3.8, 4) is 6.07 Å². The van der Waals surface area contributed by atoms with Crippen LogP contribution in [0.5, 0.6) is 0 Å². The standard InChI is InChI=1S/C22H23ClF3N7O/c1-32(17-8-13(22(24,25)26)7-14(23)9-17)21(34)30-16-3-2-6-33(12-16)19-11-28-18(10-27)20(31-19)29-15-4-5-15/h7-9,11,15-16H,2-6,12H2,1H3,(H,29,31)(H,30,34)/t16-/m1/s1. The van der Waals surface area contributed by atoms with E-state index in [2.05, 4.69) is 20.6 Å². The molecule has 0 unspecified atom stereocenters. The predicted octanol–water partition coefficient (Wildman–Crippen LogP) is 4.41. The molecule has 1 aliphatic heterocycles. The maximum absolute atomic E-state index is 13.1. The number of nitriles is 1. The highest BCUT2D eigenvalue weighted by atomic mass is 35.5. The molecule has 1 aromatic carbocycles. The van der Waals surface area contributed by atoms with Gasteiger partial charge in [0.2, 0.25) is 0 Å². The molecule has 34 heavy (non-hydrogen) atoms. The number of nitrogens with one attached hydrogen (secondary N) is 2. The van der Waals surface area contributed by atoms with E-state index in [1.807, 2.05) is 11.0 Å². The van der Waals surface area contributed by atoms with Crippen LogP contribution in [0.4, 0.5) is 35.3 Å². The lowest BCUT2D eigenvalue weighted by molar-refractivity contribution is -0.137. The molecule has 4 rings (SSSR count). The third kappa shape index (κ3) is 5.62. The van der Waals surface area contributed by atoms with E-state index < -0.39 is 17.8 Å². The van der Waals surface area contributed by atoms with Crippen molar-refractivity contribution in [1.82, 2.24) is 15.3 Å². The molecule has 1 aliphatic carbocycles. The first-order valence-corrected chi connectivity index (χ1v) is 11.2. The zero-order valence-corrected chi connectivity index (χ0v) is 19.1. The molecule has 12 heteroatoms. The average molecular weight is 494 g/mol. The van der Waals surface area contributed by atoms with Gasteiger partial charge in [0.05, 0.1) is 11.8 Å². The van der Waals surface area contributed by atoms with Gasteiger partial charge in [-0.15, -0.1) is 0 Å². The van der Waals surface area contributed by atoms with E-state index in [9.17, 15) is 23.2 Å². The lowest BCUT2D eigenvalue weighted by atomic mass is 10.1. The molecule has 8 nitrogen and oxygen atoms in total. The molecule has 2 fully saturated rings. The van der Waals surface area contributed by atoms with Crippen LogP contribution in [0.1, 0.15) is 36.9 Å². The monoisotopic (exact) mass is 493 g/mol. The number of nitrogens with zero attached hydrogens (tertiary/aromatic N) is 5. The van der Waals surface area contributed by atoms with Gasteiger partial charge in [-0.2, -0.15) is 18.4 Å². The largest absolute Gasteiger partial charge is 0.416 e. The van der Waals surface area contributed by atoms with Crippen molar-refractivity contribution in [2.45, 2.75) is 43.9 Å². The first-order valence-electron chi connectivity index (χ1n) is 10.8. The fourth-order valence-electron chi connectivity index (χ4n) is 3.76. The highest BCUT2D eigenvalue weighted by Gasteiger charge is 2.32. The van der Waals surface area contributed by atoms with Gasteiger partial charge in [-0.25, -0.2) is 14.8 Å². The van der Waals surface area contributed by atoms with Crippen LogP contribution in [0.2, 0.25) is 5.02 Å². The highest BCUT2D eigenvalue weighted by Crippen LogP contribution is 2.34. The summed E-state index contributed by atoms with van der Waals surface area (Å²) in [4.78, 5) is 24.7. The van der Waals surface area contributed by atoms with Crippen molar-refractivity contribution in [2.24, 2.45) is 0 Å². The van der Waals surface area contributed by atoms with Crippen molar-refractivity contribution in [3.63, 3.8) is 0 Å². The van der Waals surface area contributed by atoms with Crippen molar-refractivity contribution >= 4 is 35.0 Å². The Balaban J connectivity index is 1.44. The number of hydrogen-bond donors (Lipinski definition) is 2. The van der Waals surface area contributed by atoms with Gasteiger partial charge in [-0.05, 0) is 43.9 Å². The number of alkyl halides is 3. The fraction of sp³-hybridized carbons (Fsp3) is 0.455. The molecule has 1 aromatic heterocycles. The van der Waals surface area contributed by atoms with Gasteiger partial charge >= 0.3 is 12.2 Å². The van der Waals surface area contributed by atoms with Gasteiger partial charge in [-0.1, -0.05) is 11.6 Å². The van der Waals surface area contributed by atoms with E-state index in [1.165, 1.54) is 19.3 Å². The molecule has 0 radical (unpaired) electrons. The Kier molecular flexibility index (Phi) is 6.70. The average Bonchev–Trinajstić information content (AvgIpc) is 3.61. The molecule has 2 aliphatic rings. The molecule has 1 atom stereocenters. The van der Waals surface area contributed by atoms with Crippen molar-refractivity contribution in [1.29, 1.82) is 5.26 Å². The normalized spacial score (nSPS) is 18.2. The number of amides is 2. The number of halogens is 4. The van der Waals surface area contributed by atoms with Gasteiger partial charge in [0.25, 0.3) is 0 Å². The molecule has 1 saturated carbocycles. The summed E-state index contributed by atoms with van der Waals surface area (Å²) in [6.45, 7) is 1.15. The Bertz CT molecular complexity index is 1120. The summed E-state index contributed by atoms with van der Waals surface area (Å²) < 4.78 is 39.4. The topological polar surface area (TPSA) is 97.2 Å². The van der Waals surface area contributed by atoms with Gasteiger partial charge in [0.1, 0.15) is 11.9 Å². The molecule has 180 valence electrons. The zero-order chi connectivity index (χ0) is 24.5. The van der Waals surface area contributed by atoms with Crippen LogP contribution in [-0.2, 0) is 6.18 Å². The minimum atomic E-state index is -4.57. The van der Waals surface area contributed by atoms with Crippen LogP contribution in [-0.4, -0.2) is 48.2 Å². The number of rotatable bonds is 5. The SMILES string of the molecule is CN(C(=O)N[C@@H]1CCCN(c2cnc(C#N)c(NC3CC3)n2)C1)c1cc(Cl)cc(C(F)(F)F)c1. The molecule has 2 aromatic rings. The van der Waals surface area contributed by atoms with E-state index in [1.54, 1.807) is 0 Å². The van der Waals surface area contributed by atoms with E-state index in [0.29, 0.717) is 37.2 Å². The molecular formula is C22H23ClF3N7O. The van der Waals surface area contributed by atoms with Crippen molar-refractivity contribution in [2.75, 3.05) is 35.3 Å². The molecular weight excluding hydrogens is 471 g/mol. The Morgan fingerprint density at radius 2 is 2.03 bits per heavy atom. The zero-order valence-electron chi connectivity index (χ0n) is 18.4. The highest BCUT2D eigenvalue weighted by molar-refractivity contribution is 6.31. The first-order chi connectivity index (χ1) is 16.1. The summed E-state index contributed by atoms with van der Waals surface area (Å²) in [5, 5.41) is 15.3. The summed E-state index contributed by atoms with van der Waals surface area (Å²) in [6, 6.07) is 4.58. The van der Waals surface area contributed by atoms with E-state index in [-0.39, 0.29) is 22.4 Å². The second-order valence-corrected chi connectivity index (χ2v) is 8.88. The molecule has 0 spiro atoms. The van der Waals surface area contributed by atoms with Gasteiger partial charge in [0, 0.05) is 42.9 Å². The quantitative estimate of drug-likeness (QED) is 0.640. The number of piperidine rings is 1. The second-order valence-electron chi connectivity index (χ2n) is 8.45. The summed E-state index contributed by atoms with van der Waals surface area (Å²) >= 11 is 5.85. The molecule has 2 N–H and O–H groups in total. The Labute approximate surface area is 199 Å². The molecule has 0 bridgehead atoms. The third-order valence-corrected chi connectivity index (χ3v) is 5.98. The summed E-state index contributed by atoms with van der Waals surface area (Å²) in [5.41, 5.74) is -0.647. The van der Waals surface area contributed by atoms with Crippen LogP contribution >= 0.6 is 11.6 Å². The molecule has 1 saturated heterocycles. The van der Waals surface area contributed by atoms with Crippen LogP contribution in [0.25, 0.3) is 0 Å². The summed E-state index contributed by atoms with van der Waals surface area (Å²) in [5.74, 6) is 1.05. The maximum Gasteiger partial charge on any atom is 0.416 e. The number of aromatic nitrogens is 2. The van der Waals surface area contributed by atoms with E-state index >= 15 is 0 Å². The number of benzene rings is 1. The Morgan fingerprint density at radius 3 is 2.71 bits per heavy atom. The maximum atomic E-state index is 13.1. The lowest BCUT2D eigenvalue weighted by Gasteiger charge is -2.34. The minimum absolute atomic E-state index is 0.0405. The van der Waals surface area contributed by atoms with E-state index in [0.717, 1.165) is 36.3 Å². The van der Waals surface area contributed by atoms with Crippen LogP contribution in [0.3, 0.4) is 0 Å². The van der Waals surface area contributed by atoms with Crippen molar-refractivity contribution in [3.05, 3.63) is 40.7 Å². The van der Waals surface area contributed by atoms with E-state index in [4.69, 9.17) is 11.6 Å². The number of anilines is 3. The number of carbonyl (C=O) groups is 1. The number of urea groups is 1. The molecule has 2 amide bonds. The van der Waals surface area contributed by atoms with Crippen LogP contribution in [0, 0.1) is 11.3 Å². The lowest BCUT2D eigenvalue weighted by Crippen LogP contribution is -2.51. The molecule has 2 heterocycles. The summed E-state index contributed by atoms with van der Waals surface area (Å²) in [6.07, 6.45) is 0.500. The van der Waals surface area contributed by atoms with Gasteiger partial charge in [0.15, 0.2) is 11.5 Å². The smallest absolute Gasteiger partial charge is 0.365 e. The fourth-order valence-corrected chi connectivity index (χ4v) is 3.99. The van der Waals surface area contributed by atoms with Crippen LogP contribution < -0.4 is 20.4 Å². The predicted molar refractivity (Wildman–Crippen MR) is 122 cm³/mol. The number of carbonyl (C=O) groups excluding carboxylic acids is 1. The van der Waals surface area contributed by atoms with Gasteiger partial charge < -0.3 is 15.5 Å². The Hall–Kier alpha value is -3.26. The minimum Gasteiger partial charge on any atom is -0.365 e. The Morgan fingerprint density at radius 1 is 1.26 bits per heavy atom. The van der Waals surface area contributed by atoms with Gasteiger partial charge in [-0.3, -0.25) is 4.90 Å². The van der Waals surface area contributed by atoms with Crippen LogP contribution in [0.15, 0.2) is 24.4 Å². The van der Waals surface area contributed by atoms with Crippen molar-refractivity contribution < 1.29 is 18.0 Å².